The maximum Gasteiger partial charge on any atom is 0.0195 e. The molecule has 0 aromatic heterocycles. The van der Waals surface area contributed by atoms with E-state index in [-0.39, 0.29) is 0 Å². The van der Waals surface area contributed by atoms with Gasteiger partial charge in [0, 0.05) is 57.4 Å². The first kappa shape index (κ1) is 18.7. The minimum Gasteiger partial charge on any atom is -0.300 e. The van der Waals surface area contributed by atoms with Gasteiger partial charge in [0.2, 0.25) is 0 Å². The van der Waals surface area contributed by atoms with Crippen molar-refractivity contribution in [2.24, 2.45) is 17.8 Å². The molecule has 140 valence electrons. The summed E-state index contributed by atoms with van der Waals surface area (Å²) < 4.78 is 0. The summed E-state index contributed by atoms with van der Waals surface area (Å²) in [7, 11) is 0. The Balaban J connectivity index is 1.40. The van der Waals surface area contributed by atoms with E-state index in [1.165, 1.54) is 65.0 Å². The zero-order chi connectivity index (χ0) is 17.3. The maximum atomic E-state index is 2.83. The van der Waals surface area contributed by atoms with Crippen molar-refractivity contribution in [3.63, 3.8) is 0 Å². The van der Waals surface area contributed by atoms with Gasteiger partial charge in [-0.05, 0) is 64.2 Å². The summed E-state index contributed by atoms with van der Waals surface area (Å²) in [6.45, 7) is 19.8. The van der Waals surface area contributed by atoms with Gasteiger partial charge in [0.05, 0.1) is 0 Å². The average molecular weight is 336 g/mol. The molecule has 24 heavy (non-hydrogen) atoms. The van der Waals surface area contributed by atoms with E-state index >= 15 is 0 Å². The summed E-state index contributed by atoms with van der Waals surface area (Å²) >= 11 is 0. The number of hydrogen-bond acceptors (Lipinski definition) is 3. The summed E-state index contributed by atoms with van der Waals surface area (Å²) in [4.78, 5) is 8.22. The van der Waals surface area contributed by atoms with Crippen LogP contribution in [0, 0.1) is 17.8 Å². The van der Waals surface area contributed by atoms with Crippen LogP contribution in [0.4, 0.5) is 0 Å². The van der Waals surface area contributed by atoms with Crippen LogP contribution < -0.4 is 0 Å². The van der Waals surface area contributed by atoms with Crippen LogP contribution in [0.5, 0.6) is 0 Å². The number of nitrogens with zero attached hydrogens (tertiary/aromatic N) is 3. The summed E-state index contributed by atoms with van der Waals surface area (Å²) in [5, 5.41) is 0. The fourth-order valence-corrected chi connectivity index (χ4v) is 5.24. The predicted octanol–water partition coefficient (Wildman–Crippen LogP) is 3.55. The van der Waals surface area contributed by atoms with Crippen molar-refractivity contribution >= 4 is 0 Å². The molecule has 0 radical (unpaired) electrons. The van der Waals surface area contributed by atoms with Crippen LogP contribution in [0.1, 0.15) is 60.3 Å². The number of likely N-dealkylation sites (tertiary alicyclic amines) is 1. The van der Waals surface area contributed by atoms with E-state index in [1.54, 1.807) is 0 Å². The van der Waals surface area contributed by atoms with Crippen molar-refractivity contribution < 1.29 is 0 Å². The van der Waals surface area contributed by atoms with Crippen LogP contribution in [0.2, 0.25) is 0 Å². The minimum atomic E-state index is 0.733. The van der Waals surface area contributed by atoms with Gasteiger partial charge in [-0.3, -0.25) is 9.80 Å². The molecule has 2 saturated heterocycles. The molecular weight excluding hydrogens is 294 g/mol. The highest BCUT2D eigenvalue weighted by Gasteiger charge is 2.35. The zero-order valence-electron chi connectivity index (χ0n) is 16.9. The molecule has 1 aliphatic carbocycles. The van der Waals surface area contributed by atoms with Gasteiger partial charge in [0.25, 0.3) is 0 Å². The second kappa shape index (κ2) is 8.05. The molecule has 1 saturated carbocycles. The lowest BCUT2D eigenvalue weighted by molar-refractivity contribution is -0.00532. The van der Waals surface area contributed by atoms with Crippen molar-refractivity contribution in [2.45, 2.75) is 78.4 Å². The van der Waals surface area contributed by atoms with Gasteiger partial charge in [-0.25, -0.2) is 0 Å². The molecule has 0 spiro atoms. The van der Waals surface area contributed by atoms with Crippen LogP contribution in [0.15, 0.2) is 0 Å². The van der Waals surface area contributed by atoms with Gasteiger partial charge in [-0.15, -0.1) is 0 Å². The molecule has 0 amide bonds. The fraction of sp³-hybridized carbons (Fsp3) is 1.00. The Morgan fingerprint density at radius 3 is 2.08 bits per heavy atom. The van der Waals surface area contributed by atoms with Crippen LogP contribution in [0.3, 0.4) is 0 Å². The van der Waals surface area contributed by atoms with E-state index < -0.39 is 0 Å². The third-order valence-electron chi connectivity index (χ3n) is 7.21. The van der Waals surface area contributed by atoms with Gasteiger partial charge in [0.1, 0.15) is 0 Å². The molecule has 0 bridgehead atoms. The molecule has 1 atom stereocenters. The Labute approximate surface area is 150 Å². The third kappa shape index (κ3) is 4.34. The Hall–Kier alpha value is -0.120. The van der Waals surface area contributed by atoms with Crippen molar-refractivity contribution in [1.82, 2.24) is 14.7 Å². The molecule has 0 aromatic rings. The topological polar surface area (TPSA) is 9.72 Å². The van der Waals surface area contributed by atoms with Crippen LogP contribution in [-0.2, 0) is 0 Å². The van der Waals surface area contributed by atoms with E-state index in [2.05, 4.69) is 49.3 Å². The normalized spacial score (nSPS) is 34.9. The number of rotatable bonds is 5. The Morgan fingerprint density at radius 2 is 1.54 bits per heavy atom. The predicted molar refractivity (Wildman–Crippen MR) is 103 cm³/mol. The molecule has 0 aromatic carbocycles. The highest BCUT2D eigenvalue weighted by atomic mass is 15.3. The summed E-state index contributed by atoms with van der Waals surface area (Å²) in [5.74, 6) is 2.79. The largest absolute Gasteiger partial charge is 0.300 e. The molecule has 0 N–H and O–H groups in total. The molecule has 3 nitrogen and oxygen atoms in total. The van der Waals surface area contributed by atoms with Crippen molar-refractivity contribution in [3.8, 4) is 0 Å². The van der Waals surface area contributed by atoms with Gasteiger partial charge in [-0.1, -0.05) is 13.8 Å². The van der Waals surface area contributed by atoms with Crippen LogP contribution >= 0.6 is 0 Å². The standard InChI is InChI=1S/C21H41N3/c1-16(2)20-6-8-21(9-7-20)23-11-10-22(18(5)12-23)13-19-14-24(15-19)17(3)4/h16-21H,6-15H2,1-5H3/t18-,20?,21?/m1/s1. The minimum absolute atomic E-state index is 0.733. The van der Waals surface area contributed by atoms with Gasteiger partial charge < -0.3 is 4.90 Å². The third-order valence-corrected chi connectivity index (χ3v) is 7.21. The summed E-state index contributed by atoms with van der Waals surface area (Å²) in [6, 6.07) is 2.36. The average Bonchev–Trinajstić information content (AvgIpc) is 2.51. The monoisotopic (exact) mass is 335 g/mol. The van der Waals surface area contributed by atoms with E-state index in [0.29, 0.717) is 0 Å². The molecule has 0 unspecified atom stereocenters. The highest BCUT2D eigenvalue weighted by molar-refractivity contribution is 4.90. The van der Waals surface area contributed by atoms with E-state index in [4.69, 9.17) is 0 Å². The van der Waals surface area contributed by atoms with Crippen molar-refractivity contribution in [1.29, 1.82) is 0 Å². The molecule has 2 aliphatic heterocycles. The lowest BCUT2D eigenvalue weighted by Gasteiger charge is -2.49. The first-order valence-corrected chi connectivity index (χ1v) is 10.7. The second-order valence-corrected chi connectivity index (χ2v) is 9.57. The van der Waals surface area contributed by atoms with E-state index in [0.717, 1.165) is 35.9 Å². The van der Waals surface area contributed by atoms with Gasteiger partial charge >= 0.3 is 0 Å². The van der Waals surface area contributed by atoms with Crippen LogP contribution in [0.25, 0.3) is 0 Å². The molecule has 2 heterocycles. The van der Waals surface area contributed by atoms with Crippen LogP contribution in [-0.4, -0.2) is 72.1 Å². The zero-order valence-corrected chi connectivity index (χ0v) is 16.9. The van der Waals surface area contributed by atoms with Gasteiger partial charge in [-0.2, -0.15) is 0 Å². The SMILES string of the molecule is CC(C)C1CCC(N2CCN(CC3CN(C(C)C)C3)[C@H](C)C2)CC1. The quantitative estimate of drug-likeness (QED) is 0.761. The molecular formula is C21H41N3. The van der Waals surface area contributed by atoms with Crippen molar-refractivity contribution in [3.05, 3.63) is 0 Å². The molecule has 3 fully saturated rings. The first-order valence-electron chi connectivity index (χ1n) is 10.7. The lowest BCUT2D eigenvalue weighted by atomic mass is 9.79. The molecule has 3 heteroatoms. The van der Waals surface area contributed by atoms with Crippen molar-refractivity contribution in [2.75, 3.05) is 39.3 Å². The Bertz CT molecular complexity index is 381. The maximum absolute atomic E-state index is 2.83. The highest BCUT2D eigenvalue weighted by Crippen LogP contribution is 2.33. The number of piperazine rings is 1. The first-order chi connectivity index (χ1) is 11.4. The smallest absolute Gasteiger partial charge is 0.0195 e. The van der Waals surface area contributed by atoms with E-state index in [9.17, 15) is 0 Å². The van der Waals surface area contributed by atoms with Gasteiger partial charge in [0.15, 0.2) is 0 Å². The van der Waals surface area contributed by atoms with E-state index in [1.807, 2.05) is 0 Å². The lowest BCUT2D eigenvalue weighted by Crippen LogP contribution is -2.60. The Morgan fingerprint density at radius 1 is 0.875 bits per heavy atom. The summed E-state index contributed by atoms with van der Waals surface area (Å²) in [5.41, 5.74) is 0. The number of hydrogen-bond donors (Lipinski definition) is 0. The second-order valence-electron chi connectivity index (χ2n) is 9.57. The fourth-order valence-electron chi connectivity index (χ4n) is 5.24. The summed E-state index contributed by atoms with van der Waals surface area (Å²) in [6.07, 6.45) is 5.82. The molecule has 3 aliphatic rings. The Kier molecular flexibility index (Phi) is 6.26. The molecule has 3 rings (SSSR count).